The van der Waals surface area contributed by atoms with E-state index in [1.54, 1.807) is 21.3 Å². The maximum absolute atomic E-state index is 9.22. The summed E-state index contributed by atoms with van der Waals surface area (Å²) in [5.74, 6) is 0. The Hall–Kier alpha value is -0.240. The number of methoxy groups -OCH3 is 4. The Labute approximate surface area is 95.4 Å². The van der Waals surface area contributed by atoms with Crippen molar-refractivity contribution in [2.24, 2.45) is 0 Å². The zero-order chi connectivity index (χ0) is 12.1. The summed E-state index contributed by atoms with van der Waals surface area (Å²) in [6, 6.07) is 0. The SMILES string of the molecule is CO[C@H]1O[C@H](CO)[C@@H](OC)[C@H](OC)[C@H]1OC. The van der Waals surface area contributed by atoms with Gasteiger partial charge in [-0.15, -0.1) is 0 Å². The highest BCUT2D eigenvalue weighted by Gasteiger charge is 2.46. The molecular weight excluding hydrogens is 216 g/mol. The van der Waals surface area contributed by atoms with Gasteiger partial charge in [-0.1, -0.05) is 0 Å². The van der Waals surface area contributed by atoms with Crippen molar-refractivity contribution in [3.05, 3.63) is 0 Å². The summed E-state index contributed by atoms with van der Waals surface area (Å²) < 4.78 is 26.6. The molecule has 6 nitrogen and oxygen atoms in total. The number of hydrogen-bond acceptors (Lipinski definition) is 6. The van der Waals surface area contributed by atoms with Crippen LogP contribution in [0.15, 0.2) is 0 Å². The van der Waals surface area contributed by atoms with Crippen molar-refractivity contribution >= 4 is 0 Å². The minimum absolute atomic E-state index is 0.158. The molecule has 0 radical (unpaired) electrons. The largest absolute Gasteiger partial charge is 0.394 e. The third kappa shape index (κ3) is 2.53. The molecular formula is C10H20O6. The summed E-state index contributed by atoms with van der Waals surface area (Å²) in [4.78, 5) is 0. The highest BCUT2D eigenvalue weighted by Crippen LogP contribution is 2.27. The summed E-state index contributed by atoms with van der Waals surface area (Å²) in [6.45, 7) is -0.158. The second kappa shape index (κ2) is 6.48. The molecule has 1 aliphatic rings. The first-order chi connectivity index (χ1) is 7.73. The van der Waals surface area contributed by atoms with Crippen LogP contribution in [-0.4, -0.2) is 70.9 Å². The zero-order valence-electron chi connectivity index (χ0n) is 10.1. The van der Waals surface area contributed by atoms with Gasteiger partial charge in [0.2, 0.25) is 0 Å². The van der Waals surface area contributed by atoms with Gasteiger partial charge in [-0.2, -0.15) is 0 Å². The zero-order valence-corrected chi connectivity index (χ0v) is 10.1. The van der Waals surface area contributed by atoms with E-state index in [9.17, 15) is 5.11 Å². The van der Waals surface area contributed by atoms with E-state index in [1.807, 2.05) is 0 Å². The summed E-state index contributed by atoms with van der Waals surface area (Å²) in [6.07, 6.45) is -2.16. The lowest BCUT2D eigenvalue weighted by Gasteiger charge is -2.43. The molecule has 6 heteroatoms. The van der Waals surface area contributed by atoms with Gasteiger partial charge in [0.25, 0.3) is 0 Å². The molecule has 1 heterocycles. The van der Waals surface area contributed by atoms with Crippen LogP contribution in [0.25, 0.3) is 0 Å². The van der Waals surface area contributed by atoms with E-state index in [1.165, 1.54) is 7.11 Å². The summed E-state index contributed by atoms with van der Waals surface area (Å²) in [5.41, 5.74) is 0. The molecule has 0 aromatic heterocycles. The first kappa shape index (κ1) is 13.8. The minimum atomic E-state index is -0.571. The maximum Gasteiger partial charge on any atom is 0.186 e. The maximum atomic E-state index is 9.22. The van der Waals surface area contributed by atoms with Gasteiger partial charge in [-0.3, -0.25) is 0 Å². The van der Waals surface area contributed by atoms with Crippen LogP contribution in [0.5, 0.6) is 0 Å². The van der Waals surface area contributed by atoms with Gasteiger partial charge in [0.15, 0.2) is 6.29 Å². The molecule has 0 saturated carbocycles. The van der Waals surface area contributed by atoms with Crippen molar-refractivity contribution in [1.29, 1.82) is 0 Å². The van der Waals surface area contributed by atoms with E-state index in [2.05, 4.69) is 0 Å². The van der Waals surface area contributed by atoms with Crippen molar-refractivity contribution in [3.63, 3.8) is 0 Å². The third-order valence-electron chi connectivity index (χ3n) is 2.82. The molecule has 0 aromatic carbocycles. The molecule has 0 aliphatic carbocycles. The Balaban J connectivity index is 2.85. The lowest BCUT2D eigenvalue weighted by atomic mass is 9.98. The lowest BCUT2D eigenvalue weighted by Crippen LogP contribution is -2.60. The van der Waals surface area contributed by atoms with Crippen LogP contribution in [0.3, 0.4) is 0 Å². The molecule has 1 N–H and O–H groups in total. The number of aliphatic hydroxyl groups excluding tert-OH is 1. The number of aliphatic hydroxyl groups is 1. The Morgan fingerprint density at radius 2 is 1.44 bits per heavy atom. The van der Waals surface area contributed by atoms with Crippen LogP contribution in [0.4, 0.5) is 0 Å². The minimum Gasteiger partial charge on any atom is -0.394 e. The van der Waals surface area contributed by atoms with E-state index >= 15 is 0 Å². The highest BCUT2D eigenvalue weighted by molar-refractivity contribution is 4.91. The topological polar surface area (TPSA) is 66.4 Å². The molecule has 1 aliphatic heterocycles. The van der Waals surface area contributed by atoms with Gasteiger partial charge in [0.1, 0.15) is 24.4 Å². The molecule has 0 amide bonds. The first-order valence-corrected chi connectivity index (χ1v) is 5.11. The molecule has 1 saturated heterocycles. The summed E-state index contributed by atoms with van der Waals surface area (Å²) in [7, 11) is 6.18. The third-order valence-corrected chi connectivity index (χ3v) is 2.82. The van der Waals surface area contributed by atoms with Gasteiger partial charge in [0, 0.05) is 28.4 Å². The lowest BCUT2D eigenvalue weighted by molar-refractivity contribution is -0.306. The molecule has 0 bridgehead atoms. The molecule has 1 fully saturated rings. The predicted octanol–water partition coefficient (Wildman–Crippen LogP) is -0.605. The fourth-order valence-electron chi connectivity index (χ4n) is 2.02. The van der Waals surface area contributed by atoms with Crippen LogP contribution in [0.1, 0.15) is 0 Å². The van der Waals surface area contributed by atoms with E-state index < -0.39 is 12.4 Å². The molecule has 5 atom stereocenters. The van der Waals surface area contributed by atoms with Crippen LogP contribution in [0.2, 0.25) is 0 Å². The Morgan fingerprint density at radius 3 is 1.81 bits per heavy atom. The van der Waals surface area contributed by atoms with Crippen molar-refractivity contribution < 1.29 is 28.8 Å². The Kier molecular flexibility index (Phi) is 5.60. The second-order valence-corrected chi connectivity index (χ2v) is 3.56. The Morgan fingerprint density at radius 1 is 0.875 bits per heavy atom. The van der Waals surface area contributed by atoms with Crippen molar-refractivity contribution in [3.8, 4) is 0 Å². The van der Waals surface area contributed by atoms with Crippen LogP contribution in [-0.2, 0) is 23.7 Å². The first-order valence-electron chi connectivity index (χ1n) is 5.11. The number of rotatable bonds is 5. The quantitative estimate of drug-likeness (QED) is 0.687. The van der Waals surface area contributed by atoms with Gasteiger partial charge in [-0.05, 0) is 0 Å². The van der Waals surface area contributed by atoms with Crippen molar-refractivity contribution in [1.82, 2.24) is 0 Å². The van der Waals surface area contributed by atoms with E-state index in [0.717, 1.165) is 0 Å². The van der Waals surface area contributed by atoms with E-state index in [4.69, 9.17) is 23.7 Å². The van der Waals surface area contributed by atoms with Gasteiger partial charge >= 0.3 is 0 Å². The summed E-state index contributed by atoms with van der Waals surface area (Å²) in [5, 5.41) is 9.22. The number of ether oxygens (including phenoxy) is 5. The van der Waals surface area contributed by atoms with Crippen LogP contribution >= 0.6 is 0 Å². The smallest absolute Gasteiger partial charge is 0.186 e. The van der Waals surface area contributed by atoms with E-state index in [0.29, 0.717) is 0 Å². The normalized spacial score (nSPS) is 39.9. The standard InChI is InChI=1S/C10H20O6/c1-12-7-6(5-11)16-10(15-4)9(14-3)8(7)13-2/h6-11H,5H2,1-4H3/t6-,7-,8+,9-,10+/m1/s1. The van der Waals surface area contributed by atoms with Gasteiger partial charge in [0.05, 0.1) is 6.61 Å². The van der Waals surface area contributed by atoms with Crippen molar-refractivity contribution in [2.45, 2.75) is 30.7 Å². The Bertz CT molecular complexity index is 182. The monoisotopic (exact) mass is 236 g/mol. The molecule has 0 spiro atoms. The van der Waals surface area contributed by atoms with Gasteiger partial charge in [-0.25, -0.2) is 0 Å². The van der Waals surface area contributed by atoms with Crippen molar-refractivity contribution in [2.75, 3.05) is 35.0 Å². The summed E-state index contributed by atoms with van der Waals surface area (Å²) >= 11 is 0. The molecule has 96 valence electrons. The average Bonchev–Trinajstić information content (AvgIpc) is 2.35. The van der Waals surface area contributed by atoms with E-state index in [-0.39, 0.29) is 24.9 Å². The fourth-order valence-corrected chi connectivity index (χ4v) is 2.02. The molecule has 16 heavy (non-hydrogen) atoms. The van der Waals surface area contributed by atoms with Crippen LogP contribution < -0.4 is 0 Å². The predicted molar refractivity (Wildman–Crippen MR) is 55.1 cm³/mol. The van der Waals surface area contributed by atoms with Crippen LogP contribution in [0, 0.1) is 0 Å². The average molecular weight is 236 g/mol. The number of hydrogen-bond donors (Lipinski definition) is 1. The fraction of sp³-hybridized carbons (Fsp3) is 1.00. The molecule has 1 rings (SSSR count). The highest BCUT2D eigenvalue weighted by atomic mass is 16.7. The van der Waals surface area contributed by atoms with Gasteiger partial charge < -0.3 is 28.8 Å². The molecule has 0 aromatic rings. The molecule has 0 unspecified atom stereocenters. The second-order valence-electron chi connectivity index (χ2n) is 3.56.